The average Bonchev–Trinajstić information content (AvgIpc) is 3.04. The third-order valence-electron chi connectivity index (χ3n) is 5.37. The lowest BCUT2D eigenvalue weighted by Gasteiger charge is -2.36. The van der Waals surface area contributed by atoms with Crippen LogP contribution in [0.2, 0.25) is 0 Å². The van der Waals surface area contributed by atoms with Gasteiger partial charge in [-0.15, -0.1) is 0 Å². The second-order valence-electron chi connectivity index (χ2n) is 6.75. The number of anilines is 1. The SMILES string of the molecule is CCCN1C(=O)[C@@H]2[C@H](C1=O)[C@H]1C=Cc3ccccc3N1[C@@H]2C(C)=O. The maximum absolute atomic E-state index is 12.9. The molecule has 4 atom stereocenters. The van der Waals surface area contributed by atoms with E-state index in [2.05, 4.69) is 0 Å². The number of para-hydroxylation sites is 1. The molecule has 3 aliphatic rings. The highest BCUT2D eigenvalue weighted by atomic mass is 16.2. The number of ketones is 1. The number of likely N-dealkylation sites (tertiary alicyclic amines) is 1. The van der Waals surface area contributed by atoms with Crippen LogP contribution in [-0.4, -0.2) is 41.1 Å². The molecule has 0 spiro atoms. The predicted molar refractivity (Wildman–Crippen MR) is 90.2 cm³/mol. The molecule has 124 valence electrons. The van der Waals surface area contributed by atoms with Gasteiger partial charge in [-0.1, -0.05) is 37.3 Å². The van der Waals surface area contributed by atoms with Crippen molar-refractivity contribution in [3.05, 3.63) is 35.9 Å². The summed E-state index contributed by atoms with van der Waals surface area (Å²) in [7, 11) is 0. The Labute approximate surface area is 140 Å². The van der Waals surface area contributed by atoms with Crippen molar-refractivity contribution >= 4 is 29.4 Å². The molecule has 1 aromatic rings. The summed E-state index contributed by atoms with van der Waals surface area (Å²) in [4.78, 5) is 41.5. The molecule has 2 saturated heterocycles. The van der Waals surface area contributed by atoms with Gasteiger partial charge in [0.1, 0.15) is 6.04 Å². The molecule has 3 aliphatic heterocycles. The van der Waals surface area contributed by atoms with Gasteiger partial charge in [0.15, 0.2) is 5.78 Å². The molecular formula is C19H20N2O3. The number of fused-ring (bicyclic) bond motifs is 5. The topological polar surface area (TPSA) is 57.7 Å². The summed E-state index contributed by atoms with van der Waals surface area (Å²) in [6.45, 7) is 3.90. The third kappa shape index (κ3) is 1.84. The minimum absolute atomic E-state index is 0.0582. The quantitative estimate of drug-likeness (QED) is 0.797. The Hall–Kier alpha value is -2.43. The molecular weight excluding hydrogens is 304 g/mol. The van der Waals surface area contributed by atoms with Crippen molar-refractivity contribution in [3.63, 3.8) is 0 Å². The van der Waals surface area contributed by atoms with Gasteiger partial charge in [-0.3, -0.25) is 19.3 Å². The van der Waals surface area contributed by atoms with Crippen molar-refractivity contribution in [3.8, 4) is 0 Å². The summed E-state index contributed by atoms with van der Waals surface area (Å²) >= 11 is 0. The van der Waals surface area contributed by atoms with Crippen molar-refractivity contribution in [1.82, 2.24) is 4.90 Å². The summed E-state index contributed by atoms with van der Waals surface area (Å²) in [6, 6.07) is 7.03. The van der Waals surface area contributed by atoms with E-state index < -0.39 is 17.9 Å². The smallest absolute Gasteiger partial charge is 0.235 e. The van der Waals surface area contributed by atoms with Gasteiger partial charge in [-0.2, -0.15) is 0 Å². The fourth-order valence-electron chi connectivity index (χ4n) is 4.48. The average molecular weight is 324 g/mol. The van der Waals surface area contributed by atoms with Crippen LogP contribution < -0.4 is 4.90 Å². The molecule has 5 heteroatoms. The highest BCUT2D eigenvalue weighted by Gasteiger charge is 2.63. The van der Waals surface area contributed by atoms with E-state index in [0.29, 0.717) is 6.54 Å². The van der Waals surface area contributed by atoms with Crippen LogP contribution in [0.5, 0.6) is 0 Å². The van der Waals surface area contributed by atoms with E-state index >= 15 is 0 Å². The Bertz CT molecular complexity index is 770. The van der Waals surface area contributed by atoms with Gasteiger partial charge < -0.3 is 4.90 Å². The number of hydrogen-bond donors (Lipinski definition) is 0. The summed E-state index contributed by atoms with van der Waals surface area (Å²) in [5, 5.41) is 0. The lowest BCUT2D eigenvalue weighted by atomic mass is 9.88. The van der Waals surface area contributed by atoms with E-state index in [1.54, 1.807) is 0 Å². The van der Waals surface area contributed by atoms with Gasteiger partial charge in [0.2, 0.25) is 11.8 Å². The maximum atomic E-state index is 12.9. The molecule has 3 heterocycles. The van der Waals surface area contributed by atoms with Crippen molar-refractivity contribution in [2.45, 2.75) is 32.4 Å². The number of Topliss-reactive ketones (excluding diaryl/α,β-unsaturated/α-hetero) is 1. The molecule has 0 bridgehead atoms. The van der Waals surface area contributed by atoms with Crippen LogP contribution >= 0.6 is 0 Å². The normalized spacial score (nSPS) is 30.4. The summed E-state index contributed by atoms with van der Waals surface area (Å²) in [6.07, 6.45) is 4.70. The standard InChI is InChI=1S/C19H20N2O3/c1-3-10-20-18(23)15-14-9-8-12-6-4-5-7-13(12)21(14)17(11(2)22)16(15)19(20)24/h4-9,14-17H,3,10H2,1-2H3/t14-,15-,16-,17-/m1/s1. The Morgan fingerprint density at radius 3 is 2.54 bits per heavy atom. The second-order valence-corrected chi connectivity index (χ2v) is 6.75. The number of carbonyl (C=O) groups is 3. The zero-order chi connectivity index (χ0) is 17.0. The molecule has 0 N–H and O–H groups in total. The van der Waals surface area contributed by atoms with Gasteiger partial charge >= 0.3 is 0 Å². The fourth-order valence-corrected chi connectivity index (χ4v) is 4.48. The molecule has 0 radical (unpaired) electrons. The molecule has 0 unspecified atom stereocenters. The zero-order valence-corrected chi connectivity index (χ0v) is 13.8. The lowest BCUT2D eigenvalue weighted by Crippen LogP contribution is -2.48. The Balaban J connectivity index is 1.84. The van der Waals surface area contributed by atoms with Gasteiger partial charge in [-0.25, -0.2) is 0 Å². The van der Waals surface area contributed by atoms with E-state index in [-0.39, 0.29) is 23.6 Å². The highest BCUT2D eigenvalue weighted by Crippen LogP contribution is 2.48. The number of nitrogens with zero attached hydrogens (tertiary/aromatic N) is 2. The van der Waals surface area contributed by atoms with E-state index in [4.69, 9.17) is 0 Å². The number of carbonyl (C=O) groups excluding carboxylic acids is 3. The van der Waals surface area contributed by atoms with Gasteiger partial charge in [0.25, 0.3) is 0 Å². The number of imide groups is 1. The molecule has 24 heavy (non-hydrogen) atoms. The predicted octanol–water partition coefficient (Wildman–Crippen LogP) is 1.87. The summed E-state index contributed by atoms with van der Waals surface area (Å²) in [5.74, 6) is -1.40. The first kappa shape index (κ1) is 15.1. The third-order valence-corrected chi connectivity index (χ3v) is 5.37. The van der Waals surface area contributed by atoms with Crippen molar-refractivity contribution in [2.24, 2.45) is 11.8 Å². The largest absolute Gasteiger partial charge is 0.353 e. The van der Waals surface area contributed by atoms with Gasteiger partial charge in [0.05, 0.1) is 17.9 Å². The Morgan fingerprint density at radius 2 is 1.83 bits per heavy atom. The van der Waals surface area contributed by atoms with Crippen LogP contribution in [0.15, 0.2) is 30.3 Å². The van der Waals surface area contributed by atoms with Crippen LogP contribution in [0.3, 0.4) is 0 Å². The van der Waals surface area contributed by atoms with Crippen LogP contribution in [-0.2, 0) is 14.4 Å². The maximum Gasteiger partial charge on any atom is 0.235 e. The first-order valence-corrected chi connectivity index (χ1v) is 8.47. The molecule has 0 saturated carbocycles. The van der Waals surface area contributed by atoms with Crippen LogP contribution in [0.4, 0.5) is 5.69 Å². The number of hydrogen-bond acceptors (Lipinski definition) is 4. The molecule has 1 aromatic carbocycles. The van der Waals surface area contributed by atoms with E-state index in [1.807, 2.05) is 48.2 Å². The molecule has 0 aromatic heterocycles. The monoisotopic (exact) mass is 324 g/mol. The minimum atomic E-state index is -0.567. The first-order valence-electron chi connectivity index (χ1n) is 8.47. The van der Waals surface area contributed by atoms with E-state index in [1.165, 1.54) is 11.8 Å². The summed E-state index contributed by atoms with van der Waals surface area (Å²) in [5.41, 5.74) is 1.95. The fraction of sp³-hybridized carbons (Fsp3) is 0.421. The van der Waals surface area contributed by atoms with Crippen molar-refractivity contribution < 1.29 is 14.4 Å². The Kier molecular flexibility index (Phi) is 3.34. The molecule has 2 fully saturated rings. The summed E-state index contributed by atoms with van der Waals surface area (Å²) < 4.78 is 0. The molecule has 2 amide bonds. The van der Waals surface area contributed by atoms with E-state index in [9.17, 15) is 14.4 Å². The zero-order valence-electron chi connectivity index (χ0n) is 13.8. The van der Waals surface area contributed by atoms with Crippen LogP contribution in [0.25, 0.3) is 6.08 Å². The highest BCUT2D eigenvalue weighted by molar-refractivity contribution is 6.10. The second kappa shape index (κ2) is 5.30. The molecule has 0 aliphatic carbocycles. The Morgan fingerprint density at radius 1 is 1.12 bits per heavy atom. The van der Waals surface area contributed by atoms with Crippen LogP contribution in [0, 0.1) is 11.8 Å². The van der Waals surface area contributed by atoms with Crippen molar-refractivity contribution in [2.75, 3.05) is 11.4 Å². The first-order chi connectivity index (χ1) is 11.6. The lowest BCUT2D eigenvalue weighted by molar-refractivity contribution is -0.141. The minimum Gasteiger partial charge on any atom is -0.353 e. The van der Waals surface area contributed by atoms with Crippen molar-refractivity contribution in [1.29, 1.82) is 0 Å². The number of rotatable bonds is 3. The number of amides is 2. The van der Waals surface area contributed by atoms with Crippen LogP contribution in [0.1, 0.15) is 25.8 Å². The van der Waals surface area contributed by atoms with Gasteiger partial charge in [-0.05, 0) is 25.0 Å². The van der Waals surface area contributed by atoms with E-state index in [0.717, 1.165) is 17.7 Å². The number of benzene rings is 1. The molecule has 4 rings (SSSR count). The van der Waals surface area contributed by atoms with Gasteiger partial charge in [0, 0.05) is 12.2 Å². The molecule has 5 nitrogen and oxygen atoms in total.